The molecule has 2 amide bonds. The normalized spacial score (nSPS) is 26.3. The minimum atomic E-state index is 0.0944. The Hall–Kier alpha value is -1.88. The monoisotopic (exact) mass is 329 g/mol. The Morgan fingerprint density at radius 2 is 1.96 bits per heavy atom. The summed E-state index contributed by atoms with van der Waals surface area (Å²) in [5, 5.41) is 3.03. The van der Waals surface area contributed by atoms with Gasteiger partial charge in [0, 0.05) is 24.9 Å². The number of hydrogen-bond acceptors (Lipinski definition) is 3. The van der Waals surface area contributed by atoms with Gasteiger partial charge in [0.15, 0.2) is 0 Å². The number of amides is 2. The van der Waals surface area contributed by atoms with Crippen molar-refractivity contribution in [3.05, 3.63) is 35.9 Å². The summed E-state index contributed by atoms with van der Waals surface area (Å²) >= 11 is 0. The molecule has 0 radical (unpaired) electrons. The summed E-state index contributed by atoms with van der Waals surface area (Å²) in [4.78, 5) is 24.0. The second kappa shape index (κ2) is 8.29. The van der Waals surface area contributed by atoms with Crippen LogP contribution in [0.2, 0.25) is 0 Å². The summed E-state index contributed by atoms with van der Waals surface area (Å²) < 4.78 is 0. The average molecular weight is 329 g/mol. The molecule has 5 nitrogen and oxygen atoms in total. The van der Waals surface area contributed by atoms with Crippen LogP contribution in [0.25, 0.3) is 0 Å². The van der Waals surface area contributed by atoms with Crippen LogP contribution in [0, 0.1) is 11.8 Å². The molecule has 3 atom stereocenters. The highest BCUT2D eigenvalue weighted by Crippen LogP contribution is 2.34. The first-order valence-electron chi connectivity index (χ1n) is 9.10. The van der Waals surface area contributed by atoms with E-state index < -0.39 is 0 Å². The second-order valence-electron chi connectivity index (χ2n) is 6.94. The maximum Gasteiger partial charge on any atom is 0.237 e. The number of carbonyl (C=O) groups is 2. The highest BCUT2D eigenvalue weighted by Gasteiger charge is 2.39. The summed E-state index contributed by atoms with van der Waals surface area (Å²) in [6, 6.07) is 10.4. The van der Waals surface area contributed by atoms with E-state index in [1.807, 2.05) is 18.2 Å². The van der Waals surface area contributed by atoms with Crippen LogP contribution in [-0.4, -0.2) is 24.4 Å². The van der Waals surface area contributed by atoms with Crippen LogP contribution < -0.4 is 16.2 Å². The standard InChI is InChI=1S/C19H27N3O2/c23-18(12-6-9-14-7-2-1-3-8-14)20-13-17-15-10-4-5-11-16(15)19(24)22-21-17/h1-3,7-8,15-17,21H,4-6,9-13H2,(H,20,23)(H,22,24). The maximum atomic E-state index is 12.1. The van der Waals surface area contributed by atoms with E-state index in [1.54, 1.807) is 0 Å². The first kappa shape index (κ1) is 17.0. The number of fused-ring (bicyclic) bond motifs is 1. The Bertz CT molecular complexity index is 561. The minimum absolute atomic E-state index is 0.0944. The van der Waals surface area contributed by atoms with Gasteiger partial charge in [-0.15, -0.1) is 0 Å². The first-order valence-corrected chi connectivity index (χ1v) is 9.10. The number of hydrogen-bond donors (Lipinski definition) is 3. The second-order valence-corrected chi connectivity index (χ2v) is 6.94. The van der Waals surface area contributed by atoms with Crippen molar-refractivity contribution in [2.75, 3.05) is 6.54 Å². The van der Waals surface area contributed by atoms with Gasteiger partial charge in [0.05, 0.1) is 0 Å². The van der Waals surface area contributed by atoms with Crippen molar-refractivity contribution < 1.29 is 9.59 Å². The fraction of sp³-hybridized carbons (Fsp3) is 0.579. The molecular formula is C19H27N3O2. The number of nitrogens with one attached hydrogen (secondary N) is 3. The summed E-state index contributed by atoms with van der Waals surface area (Å²) in [6.45, 7) is 0.589. The molecule has 1 aromatic carbocycles. The van der Waals surface area contributed by atoms with Gasteiger partial charge in [-0.3, -0.25) is 15.0 Å². The lowest BCUT2D eigenvalue weighted by Crippen LogP contribution is -2.62. The van der Waals surface area contributed by atoms with Crippen LogP contribution in [-0.2, 0) is 16.0 Å². The fourth-order valence-corrected chi connectivity index (χ4v) is 3.94. The minimum Gasteiger partial charge on any atom is -0.354 e. The van der Waals surface area contributed by atoms with Crippen LogP contribution in [0.1, 0.15) is 44.1 Å². The zero-order chi connectivity index (χ0) is 16.8. The zero-order valence-electron chi connectivity index (χ0n) is 14.1. The molecule has 24 heavy (non-hydrogen) atoms. The molecule has 130 valence electrons. The van der Waals surface area contributed by atoms with Gasteiger partial charge in [-0.25, -0.2) is 5.43 Å². The SMILES string of the molecule is O=C(CCCc1ccccc1)NCC1NNC(=O)C2CCCCC12. The Balaban J connectivity index is 1.40. The molecule has 5 heteroatoms. The largest absolute Gasteiger partial charge is 0.354 e. The Kier molecular flexibility index (Phi) is 5.86. The zero-order valence-corrected chi connectivity index (χ0v) is 14.1. The fourth-order valence-electron chi connectivity index (χ4n) is 3.94. The van der Waals surface area contributed by atoms with E-state index in [0.29, 0.717) is 18.9 Å². The molecule has 2 fully saturated rings. The van der Waals surface area contributed by atoms with Crippen LogP contribution in [0.15, 0.2) is 30.3 Å². The molecular weight excluding hydrogens is 302 g/mol. The van der Waals surface area contributed by atoms with Crippen molar-refractivity contribution in [3.63, 3.8) is 0 Å². The molecule has 1 saturated carbocycles. The lowest BCUT2D eigenvalue weighted by molar-refractivity contribution is -0.133. The lowest BCUT2D eigenvalue weighted by atomic mass is 9.74. The molecule has 1 saturated heterocycles. The molecule has 1 aliphatic heterocycles. The molecule has 1 aromatic rings. The van der Waals surface area contributed by atoms with Crippen molar-refractivity contribution in [3.8, 4) is 0 Å². The number of rotatable bonds is 6. The van der Waals surface area contributed by atoms with Crippen LogP contribution in [0.5, 0.6) is 0 Å². The third kappa shape index (κ3) is 4.35. The van der Waals surface area contributed by atoms with E-state index in [0.717, 1.165) is 32.1 Å². The molecule has 1 aliphatic carbocycles. The van der Waals surface area contributed by atoms with Gasteiger partial charge in [0.2, 0.25) is 11.8 Å². The third-order valence-corrected chi connectivity index (χ3v) is 5.29. The van der Waals surface area contributed by atoms with E-state index >= 15 is 0 Å². The molecule has 3 rings (SSSR count). The summed E-state index contributed by atoms with van der Waals surface area (Å²) in [5.41, 5.74) is 7.14. The van der Waals surface area contributed by atoms with Crippen molar-refractivity contribution in [2.45, 2.75) is 51.0 Å². The predicted molar refractivity (Wildman–Crippen MR) is 92.9 cm³/mol. The Morgan fingerprint density at radius 1 is 1.17 bits per heavy atom. The highest BCUT2D eigenvalue weighted by atomic mass is 16.2. The van der Waals surface area contributed by atoms with Crippen LogP contribution in [0.4, 0.5) is 0 Å². The van der Waals surface area contributed by atoms with Crippen LogP contribution >= 0.6 is 0 Å². The van der Waals surface area contributed by atoms with Gasteiger partial charge in [-0.1, -0.05) is 43.2 Å². The topological polar surface area (TPSA) is 70.2 Å². The quantitative estimate of drug-likeness (QED) is 0.747. The molecule has 3 N–H and O–H groups in total. The van der Waals surface area contributed by atoms with Crippen molar-refractivity contribution in [1.82, 2.24) is 16.2 Å². The smallest absolute Gasteiger partial charge is 0.237 e. The predicted octanol–water partition coefficient (Wildman–Crippen LogP) is 1.93. The van der Waals surface area contributed by atoms with E-state index in [9.17, 15) is 9.59 Å². The lowest BCUT2D eigenvalue weighted by Gasteiger charge is -2.41. The molecule has 0 spiro atoms. The molecule has 0 bridgehead atoms. The van der Waals surface area contributed by atoms with Gasteiger partial charge in [0.1, 0.15) is 0 Å². The van der Waals surface area contributed by atoms with Gasteiger partial charge in [-0.2, -0.15) is 0 Å². The average Bonchev–Trinajstić information content (AvgIpc) is 2.62. The molecule has 0 aromatic heterocycles. The Morgan fingerprint density at radius 3 is 2.79 bits per heavy atom. The van der Waals surface area contributed by atoms with E-state index in [4.69, 9.17) is 0 Å². The summed E-state index contributed by atoms with van der Waals surface area (Å²) in [5.74, 6) is 0.666. The van der Waals surface area contributed by atoms with E-state index in [1.165, 1.54) is 12.0 Å². The number of hydrazine groups is 1. The van der Waals surface area contributed by atoms with Gasteiger partial charge >= 0.3 is 0 Å². The summed E-state index contributed by atoms with van der Waals surface area (Å²) in [6.07, 6.45) is 6.68. The number of benzene rings is 1. The van der Waals surface area contributed by atoms with Crippen molar-refractivity contribution >= 4 is 11.8 Å². The van der Waals surface area contributed by atoms with Crippen molar-refractivity contribution in [2.24, 2.45) is 11.8 Å². The van der Waals surface area contributed by atoms with Gasteiger partial charge in [0.25, 0.3) is 0 Å². The van der Waals surface area contributed by atoms with Gasteiger partial charge in [-0.05, 0) is 37.2 Å². The number of carbonyl (C=O) groups excluding carboxylic acids is 2. The molecule has 1 heterocycles. The molecule has 3 unspecified atom stereocenters. The Labute approximate surface area is 143 Å². The van der Waals surface area contributed by atoms with Gasteiger partial charge < -0.3 is 5.32 Å². The third-order valence-electron chi connectivity index (χ3n) is 5.29. The summed E-state index contributed by atoms with van der Waals surface area (Å²) in [7, 11) is 0. The van der Waals surface area contributed by atoms with Crippen LogP contribution in [0.3, 0.4) is 0 Å². The van der Waals surface area contributed by atoms with Crippen molar-refractivity contribution in [1.29, 1.82) is 0 Å². The van der Waals surface area contributed by atoms with E-state index in [2.05, 4.69) is 28.3 Å². The first-order chi connectivity index (χ1) is 11.7. The maximum absolute atomic E-state index is 12.1. The molecule has 2 aliphatic rings. The highest BCUT2D eigenvalue weighted by molar-refractivity contribution is 5.79. The van der Waals surface area contributed by atoms with E-state index in [-0.39, 0.29) is 23.8 Å². The number of aryl methyl sites for hydroxylation is 1.